The molecule has 0 aliphatic rings. The molecule has 0 saturated carbocycles. The summed E-state index contributed by atoms with van der Waals surface area (Å²) in [4.78, 5) is 0. The smallest absolute Gasteiger partial charge is 0.0562 e. The standard InChI is InChI=1S/C48H29N3S/c1-6-17-39-34(14-1)35-26-24-31(29-45(35)50(39)30-25-27-47-38(28-30)36-15-5-10-23-46(36)52-47)49-42-20-9-4-16-37(42)48-43(49)21-11-22-44(48)51-40-18-7-2-12-32(40)33-13-3-8-19-41(33)51/h1-29H. The number of aromatic nitrogens is 3. The lowest BCUT2D eigenvalue weighted by Gasteiger charge is -2.13. The first-order valence-corrected chi connectivity index (χ1v) is 18.6. The molecule has 3 nitrogen and oxygen atoms in total. The number of thiophene rings is 1. The van der Waals surface area contributed by atoms with Gasteiger partial charge in [-0.05, 0) is 72.8 Å². The quantitative estimate of drug-likeness (QED) is 0.177. The molecular formula is C48H29N3S. The number of hydrogen-bond acceptors (Lipinski definition) is 1. The maximum Gasteiger partial charge on any atom is 0.0562 e. The predicted octanol–water partition coefficient (Wildman–Crippen LogP) is 13.3. The molecular weight excluding hydrogens is 651 g/mol. The van der Waals surface area contributed by atoms with Gasteiger partial charge >= 0.3 is 0 Å². The fourth-order valence-electron chi connectivity index (χ4n) is 8.88. The summed E-state index contributed by atoms with van der Waals surface area (Å²) in [6, 6.07) is 64.7. The zero-order valence-electron chi connectivity index (χ0n) is 28.0. The number of nitrogens with zero attached hydrogens (tertiary/aromatic N) is 3. The van der Waals surface area contributed by atoms with Crippen molar-refractivity contribution in [3.8, 4) is 17.1 Å². The van der Waals surface area contributed by atoms with Crippen molar-refractivity contribution in [2.75, 3.05) is 0 Å². The van der Waals surface area contributed by atoms with Crippen LogP contribution in [-0.2, 0) is 0 Å². The van der Waals surface area contributed by atoms with E-state index in [0.717, 1.165) is 5.69 Å². The van der Waals surface area contributed by atoms with E-state index in [2.05, 4.69) is 190 Å². The second kappa shape index (κ2) is 10.5. The normalized spacial score (nSPS) is 12.2. The number of para-hydroxylation sites is 4. The van der Waals surface area contributed by atoms with Crippen LogP contribution < -0.4 is 0 Å². The molecule has 0 bridgehead atoms. The summed E-state index contributed by atoms with van der Waals surface area (Å²) in [7, 11) is 0. The molecule has 0 fully saturated rings. The molecule has 4 aromatic heterocycles. The van der Waals surface area contributed by atoms with Gasteiger partial charge in [-0.25, -0.2) is 0 Å². The summed E-state index contributed by atoms with van der Waals surface area (Å²) in [5.41, 5.74) is 10.7. The van der Waals surface area contributed by atoms with E-state index < -0.39 is 0 Å². The van der Waals surface area contributed by atoms with Crippen LogP contribution in [-0.4, -0.2) is 13.7 Å². The van der Waals surface area contributed by atoms with Gasteiger partial charge in [0.1, 0.15) is 0 Å². The van der Waals surface area contributed by atoms with Crippen molar-refractivity contribution in [1.82, 2.24) is 13.7 Å². The minimum Gasteiger partial charge on any atom is -0.309 e. The van der Waals surface area contributed by atoms with Gasteiger partial charge in [-0.3, -0.25) is 0 Å². The van der Waals surface area contributed by atoms with E-state index in [4.69, 9.17) is 0 Å². The fraction of sp³-hybridized carbons (Fsp3) is 0. The number of rotatable bonds is 3. The number of benzene rings is 8. The highest BCUT2D eigenvalue weighted by molar-refractivity contribution is 7.25. The molecule has 0 spiro atoms. The first kappa shape index (κ1) is 28.1. The third-order valence-electron chi connectivity index (χ3n) is 11.0. The average molecular weight is 680 g/mol. The highest BCUT2D eigenvalue weighted by Gasteiger charge is 2.21. The summed E-state index contributed by atoms with van der Waals surface area (Å²) in [5.74, 6) is 0. The summed E-state index contributed by atoms with van der Waals surface area (Å²) in [6.07, 6.45) is 0. The van der Waals surface area contributed by atoms with Crippen molar-refractivity contribution in [3.63, 3.8) is 0 Å². The molecule has 0 atom stereocenters. The Morgan fingerprint density at radius 3 is 1.48 bits per heavy atom. The van der Waals surface area contributed by atoms with Crippen molar-refractivity contribution in [2.24, 2.45) is 0 Å². The molecule has 8 aromatic carbocycles. The minimum atomic E-state index is 1.14. The molecule has 0 amide bonds. The third kappa shape index (κ3) is 3.74. The topological polar surface area (TPSA) is 14.8 Å². The monoisotopic (exact) mass is 679 g/mol. The largest absolute Gasteiger partial charge is 0.309 e. The van der Waals surface area contributed by atoms with Crippen LogP contribution in [0.5, 0.6) is 0 Å². The third-order valence-corrected chi connectivity index (χ3v) is 12.2. The van der Waals surface area contributed by atoms with Crippen molar-refractivity contribution in [3.05, 3.63) is 176 Å². The first-order valence-electron chi connectivity index (χ1n) is 17.8. The highest BCUT2D eigenvalue weighted by atomic mass is 32.1. The Hall–Kier alpha value is -6.62. The van der Waals surface area contributed by atoms with Gasteiger partial charge in [0.25, 0.3) is 0 Å². The van der Waals surface area contributed by atoms with Crippen LogP contribution in [0.1, 0.15) is 0 Å². The van der Waals surface area contributed by atoms with E-state index in [-0.39, 0.29) is 0 Å². The van der Waals surface area contributed by atoms with Gasteiger partial charge in [-0.2, -0.15) is 0 Å². The van der Waals surface area contributed by atoms with Gasteiger partial charge in [-0.1, -0.05) is 103 Å². The zero-order chi connectivity index (χ0) is 33.9. The summed E-state index contributed by atoms with van der Waals surface area (Å²) >= 11 is 1.86. The predicted molar refractivity (Wildman–Crippen MR) is 222 cm³/mol. The Labute approximate surface area is 302 Å². The first-order chi connectivity index (χ1) is 25.8. The molecule has 12 aromatic rings. The van der Waals surface area contributed by atoms with E-state index in [0.29, 0.717) is 0 Å². The summed E-state index contributed by atoms with van der Waals surface area (Å²) in [5, 5.41) is 10.2. The number of hydrogen-bond donors (Lipinski definition) is 0. The van der Waals surface area contributed by atoms with Crippen LogP contribution in [0, 0.1) is 0 Å². The Kier molecular flexibility index (Phi) is 5.65. The van der Waals surface area contributed by atoms with Crippen LogP contribution in [0.2, 0.25) is 0 Å². The number of fused-ring (bicyclic) bond motifs is 12. The van der Waals surface area contributed by atoms with E-state index in [1.807, 2.05) is 11.3 Å². The van der Waals surface area contributed by atoms with Crippen molar-refractivity contribution in [1.29, 1.82) is 0 Å². The highest BCUT2D eigenvalue weighted by Crippen LogP contribution is 2.42. The van der Waals surface area contributed by atoms with Gasteiger partial charge in [0, 0.05) is 63.9 Å². The van der Waals surface area contributed by atoms with E-state index >= 15 is 0 Å². The zero-order valence-corrected chi connectivity index (χ0v) is 28.8. The molecule has 4 heterocycles. The van der Waals surface area contributed by atoms with Gasteiger partial charge < -0.3 is 13.7 Å². The molecule has 0 unspecified atom stereocenters. The van der Waals surface area contributed by atoms with E-state index in [9.17, 15) is 0 Å². The van der Waals surface area contributed by atoms with Crippen molar-refractivity contribution in [2.45, 2.75) is 0 Å². The second-order valence-corrected chi connectivity index (χ2v) is 14.8. The van der Waals surface area contributed by atoms with Crippen LogP contribution in [0.3, 0.4) is 0 Å². The Bertz CT molecular complexity index is 3370. The molecule has 0 aliphatic heterocycles. The lowest BCUT2D eigenvalue weighted by Crippen LogP contribution is -1.98. The fourth-order valence-corrected chi connectivity index (χ4v) is 9.96. The van der Waals surface area contributed by atoms with Crippen molar-refractivity contribution < 1.29 is 0 Å². The van der Waals surface area contributed by atoms with Gasteiger partial charge in [-0.15, -0.1) is 11.3 Å². The molecule has 0 N–H and O–H groups in total. The average Bonchev–Trinajstić information content (AvgIpc) is 3.94. The van der Waals surface area contributed by atoms with Crippen LogP contribution in [0.15, 0.2) is 176 Å². The lowest BCUT2D eigenvalue weighted by molar-refractivity contribution is 1.15. The van der Waals surface area contributed by atoms with E-state index in [1.165, 1.54) is 97.0 Å². The van der Waals surface area contributed by atoms with Crippen LogP contribution >= 0.6 is 11.3 Å². The summed E-state index contributed by atoms with van der Waals surface area (Å²) < 4.78 is 10.0. The lowest BCUT2D eigenvalue weighted by atomic mass is 10.1. The van der Waals surface area contributed by atoms with Gasteiger partial charge in [0.2, 0.25) is 0 Å². The Balaban J connectivity index is 1.15. The molecule has 12 rings (SSSR count). The molecule has 0 saturated heterocycles. The SMILES string of the molecule is c1ccc2c(c1)sc1ccc(-n3c4ccccc4c4ccc(-n5c6ccccc6c6c(-n7c8ccccc8c8ccccc87)cccc65)cc43)cc12. The molecule has 242 valence electrons. The molecule has 0 aliphatic carbocycles. The Morgan fingerprint density at radius 2 is 0.769 bits per heavy atom. The minimum absolute atomic E-state index is 1.14. The van der Waals surface area contributed by atoms with E-state index in [1.54, 1.807) is 0 Å². The molecule has 4 heteroatoms. The molecule has 52 heavy (non-hydrogen) atoms. The second-order valence-electron chi connectivity index (χ2n) is 13.7. The van der Waals surface area contributed by atoms with Crippen molar-refractivity contribution >= 4 is 96.9 Å². The van der Waals surface area contributed by atoms with Gasteiger partial charge in [0.05, 0.1) is 38.8 Å². The van der Waals surface area contributed by atoms with Crippen LogP contribution in [0.25, 0.3) is 103 Å². The molecule has 0 radical (unpaired) electrons. The summed E-state index contributed by atoms with van der Waals surface area (Å²) in [6.45, 7) is 0. The maximum atomic E-state index is 2.46. The maximum absolute atomic E-state index is 2.46. The van der Waals surface area contributed by atoms with Crippen LogP contribution in [0.4, 0.5) is 0 Å². The van der Waals surface area contributed by atoms with Gasteiger partial charge in [0.15, 0.2) is 0 Å². The Morgan fingerprint density at radius 1 is 0.288 bits per heavy atom.